The monoisotopic (exact) mass is 394 g/mol. The van der Waals surface area contributed by atoms with Gasteiger partial charge in [-0.05, 0) is 55.8 Å². The van der Waals surface area contributed by atoms with Crippen LogP contribution in [0.1, 0.15) is 12.0 Å². The molecule has 0 aromatic heterocycles. The van der Waals surface area contributed by atoms with E-state index < -0.39 is 10.0 Å². The van der Waals surface area contributed by atoms with Crippen LogP contribution in [-0.2, 0) is 10.0 Å². The number of benzene rings is 2. The normalized spacial score (nSPS) is 15.5. The predicted octanol–water partition coefficient (Wildman–Crippen LogP) is 2.83. The van der Waals surface area contributed by atoms with Gasteiger partial charge in [-0.15, -0.1) is 0 Å². The highest BCUT2D eigenvalue weighted by atomic mass is 35.5. The van der Waals surface area contributed by atoms with E-state index in [9.17, 15) is 8.42 Å². The molecule has 1 aliphatic rings. The number of rotatable bonds is 4. The average molecular weight is 395 g/mol. The summed E-state index contributed by atoms with van der Waals surface area (Å²) in [6.45, 7) is 5.37. The van der Waals surface area contributed by atoms with Crippen molar-refractivity contribution in [1.82, 2.24) is 5.32 Å². The molecule has 1 saturated heterocycles. The molecule has 0 saturated carbocycles. The molecule has 0 radical (unpaired) electrons. The molecular weight excluding hydrogens is 372 g/mol. The van der Waals surface area contributed by atoms with E-state index in [-0.39, 0.29) is 4.90 Å². The minimum atomic E-state index is -3.75. The van der Waals surface area contributed by atoms with Crippen molar-refractivity contribution in [3.63, 3.8) is 0 Å². The van der Waals surface area contributed by atoms with Crippen molar-refractivity contribution in [2.75, 3.05) is 41.5 Å². The maximum atomic E-state index is 12.7. The second kappa shape index (κ2) is 7.73. The molecule has 26 heavy (non-hydrogen) atoms. The standard InChI is InChI=1S/C18H23ClN4O2S/c1-13-15(19)4-2-5-17(13)22-26(24,25)14-6-7-18(16(20)12-14)23-10-3-8-21-9-11-23/h2,4-7,12,21-22H,3,8-11,20H2,1H3. The Morgan fingerprint density at radius 3 is 2.77 bits per heavy atom. The summed E-state index contributed by atoms with van der Waals surface area (Å²) in [4.78, 5) is 2.31. The Labute approximate surface area is 159 Å². The maximum absolute atomic E-state index is 12.7. The molecule has 1 fully saturated rings. The van der Waals surface area contributed by atoms with Gasteiger partial charge < -0.3 is 16.0 Å². The van der Waals surface area contributed by atoms with Crippen LogP contribution in [0.3, 0.4) is 0 Å². The molecular formula is C18H23ClN4O2S. The molecule has 4 N–H and O–H groups in total. The van der Waals surface area contributed by atoms with E-state index >= 15 is 0 Å². The van der Waals surface area contributed by atoms with Gasteiger partial charge in [0.2, 0.25) is 0 Å². The first kappa shape index (κ1) is 18.8. The number of nitrogens with zero attached hydrogens (tertiary/aromatic N) is 1. The van der Waals surface area contributed by atoms with Crippen LogP contribution in [0.15, 0.2) is 41.3 Å². The summed E-state index contributed by atoms with van der Waals surface area (Å²) >= 11 is 6.07. The number of nitrogens with one attached hydrogen (secondary N) is 2. The van der Waals surface area contributed by atoms with Gasteiger partial charge in [-0.2, -0.15) is 0 Å². The molecule has 6 nitrogen and oxygen atoms in total. The second-order valence-electron chi connectivity index (χ2n) is 6.33. The highest BCUT2D eigenvalue weighted by Crippen LogP contribution is 2.29. The Morgan fingerprint density at radius 2 is 2.00 bits per heavy atom. The molecule has 0 bridgehead atoms. The van der Waals surface area contributed by atoms with Gasteiger partial charge in [-0.1, -0.05) is 17.7 Å². The highest BCUT2D eigenvalue weighted by Gasteiger charge is 2.19. The molecule has 0 amide bonds. The van der Waals surface area contributed by atoms with Crippen molar-refractivity contribution in [3.8, 4) is 0 Å². The van der Waals surface area contributed by atoms with Gasteiger partial charge in [0.1, 0.15) is 0 Å². The average Bonchev–Trinajstić information content (AvgIpc) is 2.88. The zero-order valence-electron chi connectivity index (χ0n) is 14.6. The first-order chi connectivity index (χ1) is 12.4. The van der Waals surface area contributed by atoms with Gasteiger partial charge in [0.15, 0.2) is 0 Å². The molecule has 0 unspecified atom stereocenters. The lowest BCUT2D eigenvalue weighted by Gasteiger charge is -2.24. The molecule has 8 heteroatoms. The Hall–Kier alpha value is -1.96. The van der Waals surface area contributed by atoms with Crippen molar-refractivity contribution in [2.24, 2.45) is 0 Å². The fraction of sp³-hybridized carbons (Fsp3) is 0.333. The largest absolute Gasteiger partial charge is 0.397 e. The SMILES string of the molecule is Cc1c(Cl)cccc1NS(=O)(=O)c1ccc(N2CCCNCC2)c(N)c1. The van der Waals surface area contributed by atoms with Crippen molar-refractivity contribution in [1.29, 1.82) is 0 Å². The van der Waals surface area contributed by atoms with Gasteiger partial charge in [0.25, 0.3) is 10.0 Å². The summed E-state index contributed by atoms with van der Waals surface area (Å²) in [5.41, 5.74) is 8.63. The third-order valence-corrected chi connectivity index (χ3v) is 6.27. The number of hydrogen-bond donors (Lipinski definition) is 3. The van der Waals surface area contributed by atoms with Gasteiger partial charge in [-0.3, -0.25) is 4.72 Å². The van der Waals surface area contributed by atoms with E-state index in [2.05, 4.69) is 14.9 Å². The van der Waals surface area contributed by atoms with Crippen LogP contribution < -0.4 is 20.7 Å². The molecule has 3 rings (SSSR count). The topological polar surface area (TPSA) is 87.5 Å². The van der Waals surface area contributed by atoms with Crippen molar-refractivity contribution in [2.45, 2.75) is 18.2 Å². The van der Waals surface area contributed by atoms with E-state index in [4.69, 9.17) is 17.3 Å². The van der Waals surface area contributed by atoms with Gasteiger partial charge in [-0.25, -0.2) is 8.42 Å². The van der Waals surface area contributed by atoms with Crippen LogP contribution in [0.25, 0.3) is 0 Å². The van der Waals surface area contributed by atoms with E-state index in [1.165, 1.54) is 6.07 Å². The van der Waals surface area contributed by atoms with Crippen LogP contribution in [0.5, 0.6) is 0 Å². The molecule has 0 spiro atoms. The lowest BCUT2D eigenvalue weighted by Crippen LogP contribution is -2.28. The van der Waals surface area contributed by atoms with Gasteiger partial charge >= 0.3 is 0 Å². The Kier molecular flexibility index (Phi) is 5.60. The fourth-order valence-corrected chi connectivity index (χ4v) is 4.33. The van der Waals surface area contributed by atoms with Gasteiger partial charge in [0, 0.05) is 24.7 Å². The van der Waals surface area contributed by atoms with Crippen molar-refractivity contribution >= 4 is 38.7 Å². The molecule has 140 valence electrons. The summed E-state index contributed by atoms with van der Waals surface area (Å²) in [7, 11) is -3.75. The first-order valence-electron chi connectivity index (χ1n) is 8.51. The summed E-state index contributed by atoms with van der Waals surface area (Å²) in [6, 6.07) is 9.98. The van der Waals surface area contributed by atoms with E-state index in [0.717, 1.165) is 38.3 Å². The molecule has 0 atom stereocenters. The molecule has 1 heterocycles. The summed E-state index contributed by atoms with van der Waals surface area (Å²) in [5, 5.41) is 3.85. The Morgan fingerprint density at radius 1 is 1.19 bits per heavy atom. The number of nitrogens with two attached hydrogens (primary N) is 1. The number of halogens is 1. The minimum absolute atomic E-state index is 0.131. The first-order valence-corrected chi connectivity index (χ1v) is 10.4. The Balaban J connectivity index is 1.86. The number of anilines is 3. The number of sulfonamides is 1. The third-order valence-electron chi connectivity index (χ3n) is 4.50. The van der Waals surface area contributed by atoms with E-state index in [0.29, 0.717) is 22.0 Å². The summed E-state index contributed by atoms with van der Waals surface area (Å²) in [6.07, 6.45) is 1.02. The van der Waals surface area contributed by atoms with Crippen LogP contribution in [-0.4, -0.2) is 34.6 Å². The summed E-state index contributed by atoms with van der Waals surface area (Å²) in [5.74, 6) is 0. The zero-order chi connectivity index (χ0) is 18.7. The summed E-state index contributed by atoms with van der Waals surface area (Å²) < 4.78 is 28.0. The maximum Gasteiger partial charge on any atom is 0.261 e. The predicted molar refractivity (Wildman–Crippen MR) is 108 cm³/mol. The van der Waals surface area contributed by atoms with Crippen molar-refractivity contribution < 1.29 is 8.42 Å². The van der Waals surface area contributed by atoms with Crippen LogP contribution in [0, 0.1) is 6.92 Å². The Bertz CT molecular complexity index is 894. The zero-order valence-corrected chi connectivity index (χ0v) is 16.2. The quantitative estimate of drug-likeness (QED) is 0.694. The van der Waals surface area contributed by atoms with Crippen LogP contribution >= 0.6 is 11.6 Å². The molecule has 2 aromatic rings. The van der Waals surface area contributed by atoms with E-state index in [1.54, 1.807) is 37.3 Å². The van der Waals surface area contributed by atoms with Crippen LogP contribution in [0.4, 0.5) is 17.1 Å². The molecule has 2 aromatic carbocycles. The fourth-order valence-electron chi connectivity index (χ4n) is 3.00. The van der Waals surface area contributed by atoms with E-state index in [1.807, 2.05) is 0 Å². The highest BCUT2D eigenvalue weighted by molar-refractivity contribution is 7.92. The third kappa shape index (κ3) is 4.06. The lowest BCUT2D eigenvalue weighted by atomic mass is 10.2. The van der Waals surface area contributed by atoms with Crippen molar-refractivity contribution in [3.05, 3.63) is 47.0 Å². The minimum Gasteiger partial charge on any atom is -0.397 e. The van der Waals surface area contributed by atoms with Crippen LogP contribution in [0.2, 0.25) is 5.02 Å². The smallest absolute Gasteiger partial charge is 0.261 e. The van der Waals surface area contributed by atoms with Gasteiger partial charge in [0.05, 0.1) is 22.0 Å². The number of nitrogen functional groups attached to an aromatic ring is 1. The lowest BCUT2D eigenvalue weighted by molar-refractivity contribution is 0.601. The second-order valence-corrected chi connectivity index (χ2v) is 8.42. The number of hydrogen-bond acceptors (Lipinski definition) is 5. The molecule has 1 aliphatic heterocycles. The molecule has 0 aliphatic carbocycles.